The highest BCUT2D eigenvalue weighted by molar-refractivity contribution is 6.46. The van der Waals surface area contributed by atoms with Gasteiger partial charge in [-0.2, -0.15) is 0 Å². The number of phenols is 1. The van der Waals surface area contributed by atoms with E-state index in [1.165, 1.54) is 18.1 Å². The van der Waals surface area contributed by atoms with E-state index in [1.54, 1.807) is 37.3 Å². The predicted octanol–water partition coefficient (Wildman–Crippen LogP) is 3.95. The highest BCUT2D eigenvalue weighted by atomic mass is 16.5. The van der Waals surface area contributed by atoms with Crippen molar-refractivity contribution in [2.24, 2.45) is 0 Å². The number of carbonyl (C=O) groups is 2. The largest absolute Gasteiger partial charge is 0.507 e. The Balaban J connectivity index is 2.15. The summed E-state index contributed by atoms with van der Waals surface area (Å²) in [6.07, 6.45) is -0.0155. The van der Waals surface area contributed by atoms with Crippen molar-refractivity contribution in [1.29, 1.82) is 0 Å². The Morgan fingerprint density at radius 2 is 1.85 bits per heavy atom. The molecule has 1 aliphatic rings. The summed E-state index contributed by atoms with van der Waals surface area (Å²) in [7, 11) is 1.50. The van der Waals surface area contributed by atoms with E-state index in [2.05, 4.69) is 0 Å². The number of carbonyl (C=O) groups excluding carboxylic acids is 2. The molecule has 8 heteroatoms. The molecule has 0 aromatic heterocycles. The minimum Gasteiger partial charge on any atom is -0.507 e. The van der Waals surface area contributed by atoms with Gasteiger partial charge < -0.3 is 29.3 Å². The van der Waals surface area contributed by atoms with E-state index >= 15 is 0 Å². The Labute approximate surface area is 199 Å². The maximum Gasteiger partial charge on any atom is 0.295 e. The second-order valence-electron chi connectivity index (χ2n) is 8.29. The third-order valence-corrected chi connectivity index (χ3v) is 5.49. The summed E-state index contributed by atoms with van der Waals surface area (Å²) < 4.78 is 16.4. The second-order valence-corrected chi connectivity index (χ2v) is 8.29. The fourth-order valence-corrected chi connectivity index (χ4v) is 3.96. The molecule has 8 nitrogen and oxygen atoms in total. The molecule has 1 saturated heterocycles. The standard InChI is InChI=1S/C26H31NO7/c1-6-33-21-14-17(7-9-19(21)28)23-22(25(30)26(31)27(23)11-12-32-5)24(29)18-8-10-20(16(4)13-18)34-15(2)3/h7-10,13-15,23,28-29H,6,11-12H2,1-5H3/b24-22+/t23-/m0/s1. The van der Waals surface area contributed by atoms with E-state index in [0.29, 0.717) is 23.5 Å². The van der Waals surface area contributed by atoms with Gasteiger partial charge in [-0.25, -0.2) is 0 Å². The maximum absolute atomic E-state index is 13.1. The Hall–Kier alpha value is -3.52. The second kappa shape index (κ2) is 10.6. The fraction of sp³-hybridized carbons (Fsp3) is 0.385. The average Bonchev–Trinajstić information content (AvgIpc) is 3.04. The number of hydrogen-bond donors (Lipinski definition) is 2. The van der Waals surface area contributed by atoms with Crippen LogP contribution < -0.4 is 9.47 Å². The summed E-state index contributed by atoms with van der Waals surface area (Å²) >= 11 is 0. The van der Waals surface area contributed by atoms with Crippen molar-refractivity contribution in [2.75, 3.05) is 26.9 Å². The van der Waals surface area contributed by atoms with Crippen LogP contribution in [0.25, 0.3) is 5.76 Å². The summed E-state index contributed by atoms with van der Waals surface area (Å²) in [4.78, 5) is 27.4. The number of benzene rings is 2. The van der Waals surface area contributed by atoms with E-state index in [0.717, 1.165) is 5.56 Å². The van der Waals surface area contributed by atoms with Crippen LogP contribution in [0.1, 0.15) is 43.5 Å². The molecule has 2 aromatic carbocycles. The molecule has 1 heterocycles. The lowest BCUT2D eigenvalue weighted by molar-refractivity contribution is -0.140. The van der Waals surface area contributed by atoms with Crippen molar-refractivity contribution in [3.8, 4) is 17.2 Å². The summed E-state index contributed by atoms with van der Waals surface area (Å²) in [5.41, 5.74) is 1.67. The van der Waals surface area contributed by atoms with Crippen LogP contribution >= 0.6 is 0 Å². The molecule has 1 atom stereocenters. The van der Waals surface area contributed by atoms with Gasteiger partial charge in [-0.05, 0) is 69.2 Å². The topological polar surface area (TPSA) is 106 Å². The number of aryl methyl sites for hydroxylation is 1. The molecule has 0 aliphatic carbocycles. The minimum atomic E-state index is -0.873. The molecule has 0 spiro atoms. The van der Waals surface area contributed by atoms with E-state index in [9.17, 15) is 19.8 Å². The zero-order chi connectivity index (χ0) is 25.0. The number of nitrogens with zero attached hydrogens (tertiary/aromatic N) is 1. The highest BCUT2D eigenvalue weighted by Gasteiger charge is 2.46. The molecule has 0 saturated carbocycles. The van der Waals surface area contributed by atoms with Crippen molar-refractivity contribution in [1.82, 2.24) is 4.90 Å². The fourth-order valence-electron chi connectivity index (χ4n) is 3.96. The predicted molar refractivity (Wildman–Crippen MR) is 127 cm³/mol. The molecule has 2 aromatic rings. The Kier molecular flexibility index (Phi) is 7.83. The van der Waals surface area contributed by atoms with Crippen LogP contribution in [0.4, 0.5) is 0 Å². The number of ether oxygens (including phenoxy) is 3. The van der Waals surface area contributed by atoms with Crippen LogP contribution in [0, 0.1) is 6.92 Å². The van der Waals surface area contributed by atoms with Crippen LogP contribution in [0.5, 0.6) is 17.2 Å². The van der Waals surface area contributed by atoms with Gasteiger partial charge in [0.2, 0.25) is 0 Å². The van der Waals surface area contributed by atoms with Crippen LogP contribution in [-0.2, 0) is 14.3 Å². The first-order valence-electron chi connectivity index (χ1n) is 11.2. The van der Waals surface area contributed by atoms with E-state index in [4.69, 9.17) is 14.2 Å². The normalized spacial score (nSPS) is 17.5. The average molecular weight is 470 g/mol. The van der Waals surface area contributed by atoms with Gasteiger partial charge in [0.15, 0.2) is 11.5 Å². The van der Waals surface area contributed by atoms with Gasteiger partial charge in [-0.1, -0.05) is 6.07 Å². The number of aliphatic hydroxyl groups is 1. The number of aliphatic hydroxyl groups excluding tert-OH is 1. The lowest BCUT2D eigenvalue weighted by Gasteiger charge is -2.25. The smallest absolute Gasteiger partial charge is 0.295 e. The maximum atomic E-state index is 13.1. The highest BCUT2D eigenvalue weighted by Crippen LogP contribution is 2.42. The van der Waals surface area contributed by atoms with Gasteiger partial charge in [-0.3, -0.25) is 9.59 Å². The number of likely N-dealkylation sites (tertiary alicyclic amines) is 1. The Morgan fingerprint density at radius 1 is 1.12 bits per heavy atom. The monoisotopic (exact) mass is 469 g/mol. The van der Waals surface area contributed by atoms with Gasteiger partial charge >= 0.3 is 0 Å². The van der Waals surface area contributed by atoms with Crippen molar-refractivity contribution >= 4 is 17.4 Å². The Morgan fingerprint density at radius 3 is 2.47 bits per heavy atom. The van der Waals surface area contributed by atoms with Crippen molar-refractivity contribution in [2.45, 2.75) is 39.8 Å². The van der Waals surface area contributed by atoms with Gasteiger partial charge in [0.1, 0.15) is 11.5 Å². The van der Waals surface area contributed by atoms with Gasteiger partial charge in [0.25, 0.3) is 11.7 Å². The summed E-state index contributed by atoms with van der Waals surface area (Å²) in [5, 5.41) is 21.4. The van der Waals surface area contributed by atoms with Crippen molar-refractivity contribution in [3.05, 3.63) is 58.7 Å². The minimum absolute atomic E-state index is 0.0155. The van der Waals surface area contributed by atoms with Crippen molar-refractivity contribution in [3.63, 3.8) is 0 Å². The molecular weight excluding hydrogens is 438 g/mol. The number of amides is 1. The third-order valence-electron chi connectivity index (χ3n) is 5.49. The number of Topliss-reactive ketones (excluding diaryl/α,β-unsaturated/α-hetero) is 1. The lowest BCUT2D eigenvalue weighted by Crippen LogP contribution is -2.32. The van der Waals surface area contributed by atoms with E-state index < -0.39 is 17.7 Å². The molecule has 34 heavy (non-hydrogen) atoms. The van der Waals surface area contributed by atoms with Crippen molar-refractivity contribution < 1.29 is 34.0 Å². The quantitative estimate of drug-likeness (QED) is 0.325. The number of methoxy groups -OCH3 is 1. The first-order chi connectivity index (χ1) is 16.2. The first-order valence-corrected chi connectivity index (χ1v) is 11.2. The van der Waals surface area contributed by atoms with Crippen LogP contribution in [-0.4, -0.2) is 59.8 Å². The molecule has 0 bridgehead atoms. The zero-order valence-corrected chi connectivity index (χ0v) is 20.1. The summed E-state index contributed by atoms with van der Waals surface area (Å²) in [6.45, 7) is 8.15. The zero-order valence-electron chi connectivity index (χ0n) is 20.1. The molecule has 0 radical (unpaired) electrons. The van der Waals surface area contributed by atoms with E-state index in [-0.39, 0.29) is 42.1 Å². The van der Waals surface area contributed by atoms with Gasteiger partial charge in [0.05, 0.1) is 30.9 Å². The molecule has 1 amide bonds. The number of rotatable bonds is 9. The van der Waals surface area contributed by atoms with Crippen LogP contribution in [0.15, 0.2) is 42.0 Å². The van der Waals surface area contributed by atoms with Gasteiger partial charge in [-0.15, -0.1) is 0 Å². The molecule has 3 rings (SSSR count). The third kappa shape index (κ3) is 5.02. The summed E-state index contributed by atoms with van der Waals surface area (Å²) in [5.74, 6) is -0.966. The number of hydrogen-bond acceptors (Lipinski definition) is 7. The SMILES string of the molecule is CCOc1cc([C@H]2/C(=C(\O)c3ccc(OC(C)C)c(C)c3)C(=O)C(=O)N2CCOC)ccc1O. The molecule has 2 N–H and O–H groups in total. The molecular formula is C26H31NO7. The summed E-state index contributed by atoms with van der Waals surface area (Å²) in [6, 6.07) is 8.85. The molecule has 0 unspecified atom stereocenters. The molecule has 1 aliphatic heterocycles. The lowest BCUT2D eigenvalue weighted by atomic mass is 9.94. The Bertz CT molecular complexity index is 1110. The molecule has 1 fully saturated rings. The number of ketones is 1. The van der Waals surface area contributed by atoms with E-state index in [1.807, 2.05) is 20.8 Å². The van der Waals surface area contributed by atoms with Crippen LogP contribution in [0.3, 0.4) is 0 Å². The number of aromatic hydroxyl groups is 1. The first kappa shape index (κ1) is 25.1. The number of phenolic OH excluding ortho intramolecular Hbond substituents is 1. The van der Waals surface area contributed by atoms with Crippen LogP contribution in [0.2, 0.25) is 0 Å². The molecule has 182 valence electrons. The van der Waals surface area contributed by atoms with Gasteiger partial charge in [0, 0.05) is 19.2 Å².